The van der Waals surface area contributed by atoms with Crippen molar-refractivity contribution < 1.29 is 4.39 Å². The van der Waals surface area contributed by atoms with Gasteiger partial charge in [-0.05, 0) is 31.6 Å². The van der Waals surface area contributed by atoms with Gasteiger partial charge >= 0.3 is 0 Å². The molecule has 4 heteroatoms. The molecule has 18 heavy (non-hydrogen) atoms. The highest BCUT2D eigenvalue weighted by Crippen LogP contribution is 2.26. The summed E-state index contributed by atoms with van der Waals surface area (Å²) >= 11 is 0. The first-order valence-corrected chi connectivity index (χ1v) is 6.48. The highest BCUT2D eigenvalue weighted by atomic mass is 19.1. The highest BCUT2D eigenvalue weighted by Gasteiger charge is 2.19. The van der Waals surface area contributed by atoms with Gasteiger partial charge in [-0.1, -0.05) is 12.1 Å². The molecule has 1 aromatic heterocycles. The molecule has 3 nitrogen and oxygen atoms in total. The second-order valence-electron chi connectivity index (χ2n) is 4.88. The maximum atomic E-state index is 13.9. The van der Waals surface area contributed by atoms with Gasteiger partial charge in [-0.3, -0.25) is 4.90 Å². The minimum Gasteiger partial charge on any atom is -0.340 e. The molecular formula is C14H18FN3. The number of hydrogen-bond acceptors (Lipinski definition) is 2. The number of nitrogens with zero attached hydrogens (tertiary/aromatic N) is 2. The lowest BCUT2D eigenvalue weighted by molar-refractivity contribution is 0.222. The smallest absolute Gasteiger partial charge is 0.147 e. The molecule has 0 spiro atoms. The van der Waals surface area contributed by atoms with Crippen LogP contribution in [0.3, 0.4) is 0 Å². The molecule has 1 aromatic carbocycles. The third-order valence-corrected chi connectivity index (χ3v) is 3.66. The Kier molecular flexibility index (Phi) is 3.06. The van der Waals surface area contributed by atoms with Gasteiger partial charge in [-0.15, -0.1) is 0 Å². The Balaban J connectivity index is 1.93. The van der Waals surface area contributed by atoms with Crippen molar-refractivity contribution >= 4 is 10.9 Å². The van der Waals surface area contributed by atoms with Gasteiger partial charge in [-0.25, -0.2) is 4.39 Å². The van der Waals surface area contributed by atoms with E-state index in [0.717, 1.165) is 50.0 Å². The maximum Gasteiger partial charge on any atom is 0.147 e. The fourth-order valence-electron chi connectivity index (χ4n) is 2.78. The van der Waals surface area contributed by atoms with Crippen LogP contribution in [0.5, 0.6) is 0 Å². The summed E-state index contributed by atoms with van der Waals surface area (Å²) in [7, 11) is 0. The average molecular weight is 247 g/mol. The molecule has 0 unspecified atom stereocenters. The van der Waals surface area contributed by atoms with Crippen LogP contribution in [0.15, 0.2) is 24.3 Å². The van der Waals surface area contributed by atoms with Gasteiger partial charge in [0.2, 0.25) is 0 Å². The van der Waals surface area contributed by atoms with Gasteiger partial charge in [0.1, 0.15) is 5.82 Å². The Morgan fingerprint density at radius 2 is 2.17 bits per heavy atom. The number of hydrogen-bond donors (Lipinski definition) is 1. The predicted octanol–water partition coefficient (Wildman–Crippen LogP) is 1.94. The van der Waals surface area contributed by atoms with Crippen LogP contribution in [0.25, 0.3) is 10.9 Å². The zero-order valence-corrected chi connectivity index (χ0v) is 10.4. The molecule has 3 rings (SSSR count). The summed E-state index contributed by atoms with van der Waals surface area (Å²) < 4.78 is 16.0. The Hall–Kier alpha value is -1.39. The first kappa shape index (κ1) is 11.7. The number of aromatic nitrogens is 1. The SMILES string of the molecule is NCCCN1CCn2c(cc3cccc(F)c32)C1. The molecule has 2 N–H and O–H groups in total. The fourth-order valence-corrected chi connectivity index (χ4v) is 2.78. The molecule has 0 bridgehead atoms. The van der Waals surface area contributed by atoms with Gasteiger partial charge in [0.25, 0.3) is 0 Å². The number of benzene rings is 1. The summed E-state index contributed by atoms with van der Waals surface area (Å²) in [6.07, 6.45) is 1.02. The van der Waals surface area contributed by atoms with Crippen molar-refractivity contribution in [2.75, 3.05) is 19.6 Å². The lowest BCUT2D eigenvalue weighted by Gasteiger charge is -2.28. The van der Waals surface area contributed by atoms with E-state index in [4.69, 9.17) is 5.73 Å². The van der Waals surface area contributed by atoms with Crippen LogP contribution < -0.4 is 5.73 Å². The molecule has 0 saturated heterocycles. The molecule has 0 saturated carbocycles. The second-order valence-corrected chi connectivity index (χ2v) is 4.88. The molecule has 2 heterocycles. The van der Waals surface area contributed by atoms with E-state index in [1.165, 1.54) is 11.8 Å². The molecule has 2 aromatic rings. The molecular weight excluding hydrogens is 229 g/mol. The predicted molar refractivity (Wildman–Crippen MR) is 70.8 cm³/mol. The largest absolute Gasteiger partial charge is 0.340 e. The summed E-state index contributed by atoms with van der Waals surface area (Å²) in [6.45, 7) is 4.50. The van der Waals surface area contributed by atoms with E-state index in [1.807, 2.05) is 6.07 Å². The fraction of sp³-hybridized carbons (Fsp3) is 0.429. The van der Waals surface area contributed by atoms with Crippen LogP contribution in [0.1, 0.15) is 12.1 Å². The molecule has 0 fully saturated rings. The Labute approximate surface area is 106 Å². The minimum absolute atomic E-state index is 0.117. The standard InChI is InChI=1S/C14H18FN3/c15-13-4-1-3-11-9-12-10-17(6-2-5-16)7-8-18(12)14(11)13/h1,3-4,9H,2,5-8,10,16H2. The van der Waals surface area contributed by atoms with E-state index in [2.05, 4.69) is 15.5 Å². The minimum atomic E-state index is -0.117. The van der Waals surface area contributed by atoms with Crippen LogP contribution in [0.2, 0.25) is 0 Å². The third kappa shape index (κ3) is 1.91. The van der Waals surface area contributed by atoms with Crippen molar-refractivity contribution in [3.05, 3.63) is 35.8 Å². The Morgan fingerprint density at radius 1 is 1.28 bits per heavy atom. The van der Waals surface area contributed by atoms with Gasteiger partial charge < -0.3 is 10.3 Å². The van der Waals surface area contributed by atoms with E-state index >= 15 is 0 Å². The summed E-state index contributed by atoms with van der Waals surface area (Å²) in [5, 5.41) is 1.01. The Morgan fingerprint density at radius 3 is 3.00 bits per heavy atom. The number of rotatable bonds is 3. The average Bonchev–Trinajstić information content (AvgIpc) is 2.75. The van der Waals surface area contributed by atoms with Crippen molar-refractivity contribution in [2.24, 2.45) is 5.73 Å². The van der Waals surface area contributed by atoms with Crippen molar-refractivity contribution in [2.45, 2.75) is 19.5 Å². The molecule has 0 atom stereocenters. The number of fused-ring (bicyclic) bond motifs is 3. The quantitative estimate of drug-likeness (QED) is 0.899. The van der Waals surface area contributed by atoms with Gasteiger partial charge in [0, 0.05) is 30.7 Å². The summed E-state index contributed by atoms with van der Waals surface area (Å²) in [5.74, 6) is -0.117. The zero-order chi connectivity index (χ0) is 12.5. The van der Waals surface area contributed by atoms with Crippen molar-refractivity contribution in [1.29, 1.82) is 0 Å². The molecule has 1 aliphatic heterocycles. The molecule has 96 valence electrons. The van der Waals surface area contributed by atoms with Crippen LogP contribution in [-0.4, -0.2) is 29.1 Å². The van der Waals surface area contributed by atoms with Crippen molar-refractivity contribution in [1.82, 2.24) is 9.47 Å². The van der Waals surface area contributed by atoms with Crippen molar-refractivity contribution in [3.8, 4) is 0 Å². The molecule has 0 aliphatic carbocycles. The molecule has 0 amide bonds. The maximum absolute atomic E-state index is 13.9. The first-order valence-electron chi connectivity index (χ1n) is 6.48. The van der Waals surface area contributed by atoms with Crippen LogP contribution >= 0.6 is 0 Å². The van der Waals surface area contributed by atoms with Crippen LogP contribution in [0.4, 0.5) is 4.39 Å². The van der Waals surface area contributed by atoms with Gasteiger partial charge in [-0.2, -0.15) is 0 Å². The summed E-state index contributed by atoms with van der Waals surface area (Å²) in [6, 6.07) is 7.40. The van der Waals surface area contributed by atoms with E-state index in [1.54, 1.807) is 6.07 Å². The van der Waals surface area contributed by atoms with Crippen LogP contribution in [0, 0.1) is 5.82 Å². The van der Waals surface area contributed by atoms with Gasteiger partial charge in [0.15, 0.2) is 0 Å². The van der Waals surface area contributed by atoms with E-state index < -0.39 is 0 Å². The second kappa shape index (κ2) is 4.71. The van der Waals surface area contributed by atoms with E-state index in [0.29, 0.717) is 0 Å². The lowest BCUT2D eigenvalue weighted by Crippen LogP contribution is -2.34. The number of nitrogens with two attached hydrogens (primary N) is 1. The van der Waals surface area contributed by atoms with E-state index in [-0.39, 0.29) is 5.82 Å². The normalized spacial score (nSPS) is 16.1. The topological polar surface area (TPSA) is 34.2 Å². The van der Waals surface area contributed by atoms with Gasteiger partial charge in [0.05, 0.1) is 5.52 Å². The first-order chi connectivity index (χ1) is 8.79. The lowest BCUT2D eigenvalue weighted by atomic mass is 10.2. The monoisotopic (exact) mass is 247 g/mol. The molecule has 1 aliphatic rings. The highest BCUT2D eigenvalue weighted by molar-refractivity contribution is 5.82. The van der Waals surface area contributed by atoms with Crippen molar-refractivity contribution in [3.63, 3.8) is 0 Å². The molecule has 0 radical (unpaired) electrons. The van der Waals surface area contributed by atoms with E-state index in [9.17, 15) is 4.39 Å². The Bertz CT molecular complexity index is 561. The number of para-hydroxylation sites is 1. The third-order valence-electron chi connectivity index (χ3n) is 3.66. The zero-order valence-electron chi connectivity index (χ0n) is 10.4. The van der Waals surface area contributed by atoms with Crippen LogP contribution in [-0.2, 0) is 13.1 Å². The number of halogens is 1. The summed E-state index contributed by atoms with van der Waals surface area (Å²) in [5.41, 5.74) is 7.50. The summed E-state index contributed by atoms with van der Waals surface area (Å²) in [4.78, 5) is 2.39.